The molecule has 0 saturated carbocycles. The van der Waals surface area contributed by atoms with Gasteiger partial charge in [-0.25, -0.2) is 0 Å². The SMILES string of the molecule is C=CCSCCNCc1c(C)c2ccccc2n1C. The maximum atomic E-state index is 3.73. The van der Waals surface area contributed by atoms with E-state index in [0.717, 1.165) is 24.6 Å². The third kappa shape index (κ3) is 3.23. The van der Waals surface area contributed by atoms with Crippen LogP contribution in [-0.2, 0) is 13.6 Å². The Kier molecular flexibility index (Phi) is 5.11. The second kappa shape index (κ2) is 6.83. The molecule has 2 aromatic rings. The van der Waals surface area contributed by atoms with Gasteiger partial charge in [-0.05, 0) is 18.6 Å². The lowest BCUT2D eigenvalue weighted by atomic mass is 10.1. The van der Waals surface area contributed by atoms with E-state index in [1.165, 1.54) is 22.2 Å². The Hall–Kier alpha value is -1.19. The minimum atomic E-state index is 0.936. The summed E-state index contributed by atoms with van der Waals surface area (Å²) in [5.74, 6) is 2.17. The number of nitrogens with one attached hydrogen (secondary N) is 1. The zero-order valence-corrected chi connectivity index (χ0v) is 12.6. The molecule has 1 N–H and O–H groups in total. The largest absolute Gasteiger partial charge is 0.346 e. The van der Waals surface area contributed by atoms with E-state index in [4.69, 9.17) is 0 Å². The standard InChI is InChI=1S/C16H22N2S/c1-4-10-19-11-9-17-12-16-13(2)14-7-5-6-8-15(14)18(16)3/h4-8,17H,1,9-12H2,2-3H3. The van der Waals surface area contributed by atoms with Gasteiger partial charge in [-0.3, -0.25) is 0 Å². The molecular formula is C16H22N2S. The van der Waals surface area contributed by atoms with E-state index in [1.54, 1.807) is 0 Å². The first-order chi connectivity index (χ1) is 9.25. The van der Waals surface area contributed by atoms with Gasteiger partial charge in [-0.2, -0.15) is 11.8 Å². The van der Waals surface area contributed by atoms with Gasteiger partial charge in [0.1, 0.15) is 0 Å². The minimum absolute atomic E-state index is 0.936. The molecule has 0 saturated heterocycles. The maximum Gasteiger partial charge on any atom is 0.0483 e. The van der Waals surface area contributed by atoms with E-state index in [9.17, 15) is 0 Å². The van der Waals surface area contributed by atoms with E-state index < -0.39 is 0 Å². The lowest BCUT2D eigenvalue weighted by Crippen LogP contribution is -2.19. The van der Waals surface area contributed by atoms with Crippen LogP contribution in [0.1, 0.15) is 11.3 Å². The van der Waals surface area contributed by atoms with Crippen molar-refractivity contribution >= 4 is 22.7 Å². The molecule has 0 aliphatic rings. The molecule has 1 aromatic heterocycles. The Morgan fingerprint density at radius 3 is 2.89 bits per heavy atom. The summed E-state index contributed by atoms with van der Waals surface area (Å²) >= 11 is 1.91. The summed E-state index contributed by atoms with van der Waals surface area (Å²) in [7, 11) is 2.15. The van der Waals surface area contributed by atoms with Crippen LogP contribution < -0.4 is 5.32 Å². The van der Waals surface area contributed by atoms with Crippen LogP contribution in [0.25, 0.3) is 10.9 Å². The second-order valence-electron chi connectivity index (χ2n) is 4.69. The van der Waals surface area contributed by atoms with Gasteiger partial charge < -0.3 is 9.88 Å². The molecule has 1 aromatic carbocycles. The smallest absolute Gasteiger partial charge is 0.0483 e. The number of aryl methyl sites for hydroxylation is 2. The van der Waals surface area contributed by atoms with Crippen molar-refractivity contribution in [2.75, 3.05) is 18.1 Å². The fourth-order valence-corrected chi connectivity index (χ4v) is 3.03. The van der Waals surface area contributed by atoms with Crippen molar-refractivity contribution in [1.29, 1.82) is 0 Å². The normalized spacial score (nSPS) is 11.1. The Labute approximate surface area is 119 Å². The Morgan fingerprint density at radius 1 is 1.37 bits per heavy atom. The molecule has 3 heteroatoms. The highest BCUT2D eigenvalue weighted by Crippen LogP contribution is 2.24. The van der Waals surface area contributed by atoms with Crippen molar-refractivity contribution in [3.05, 3.63) is 48.2 Å². The van der Waals surface area contributed by atoms with Crippen LogP contribution in [0, 0.1) is 6.92 Å². The van der Waals surface area contributed by atoms with Crippen LogP contribution >= 0.6 is 11.8 Å². The average molecular weight is 274 g/mol. The van der Waals surface area contributed by atoms with Crippen molar-refractivity contribution in [3.63, 3.8) is 0 Å². The summed E-state index contributed by atoms with van der Waals surface area (Å²) in [6.07, 6.45) is 1.96. The predicted octanol–water partition coefficient (Wildman–Crippen LogP) is 3.50. The minimum Gasteiger partial charge on any atom is -0.346 e. The van der Waals surface area contributed by atoms with Crippen LogP contribution in [0.5, 0.6) is 0 Å². The molecule has 2 rings (SSSR count). The molecule has 2 nitrogen and oxygen atoms in total. The fraction of sp³-hybridized carbons (Fsp3) is 0.375. The Bertz CT molecular complexity index is 518. The molecule has 1 heterocycles. The molecule has 0 fully saturated rings. The van der Waals surface area contributed by atoms with Crippen molar-refractivity contribution in [2.45, 2.75) is 13.5 Å². The van der Waals surface area contributed by atoms with Gasteiger partial charge in [0.2, 0.25) is 0 Å². The van der Waals surface area contributed by atoms with E-state index in [1.807, 2.05) is 17.8 Å². The van der Waals surface area contributed by atoms with Crippen molar-refractivity contribution < 1.29 is 0 Å². The molecule has 0 radical (unpaired) electrons. The molecule has 0 bridgehead atoms. The topological polar surface area (TPSA) is 17.0 Å². The summed E-state index contributed by atoms with van der Waals surface area (Å²) in [6.45, 7) is 7.92. The van der Waals surface area contributed by atoms with Gasteiger partial charge >= 0.3 is 0 Å². The van der Waals surface area contributed by atoms with Gasteiger partial charge in [-0.15, -0.1) is 6.58 Å². The molecule has 19 heavy (non-hydrogen) atoms. The number of hydrogen-bond acceptors (Lipinski definition) is 2. The first kappa shape index (κ1) is 14.2. The highest BCUT2D eigenvalue weighted by molar-refractivity contribution is 7.99. The van der Waals surface area contributed by atoms with Crippen LogP contribution in [0.2, 0.25) is 0 Å². The Morgan fingerprint density at radius 2 is 2.16 bits per heavy atom. The fourth-order valence-electron chi connectivity index (χ4n) is 2.40. The summed E-state index contributed by atoms with van der Waals surface area (Å²) in [5, 5.41) is 4.89. The van der Waals surface area contributed by atoms with E-state index in [-0.39, 0.29) is 0 Å². The molecule has 0 spiro atoms. The van der Waals surface area contributed by atoms with E-state index >= 15 is 0 Å². The second-order valence-corrected chi connectivity index (χ2v) is 5.84. The molecule has 0 atom stereocenters. The van der Waals surface area contributed by atoms with Crippen molar-refractivity contribution in [1.82, 2.24) is 9.88 Å². The maximum absolute atomic E-state index is 3.73. The Balaban J connectivity index is 1.99. The molecule has 0 unspecified atom stereocenters. The molecule has 0 aliphatic carbocycles. The zero-order chi connectivity index (χ0) is 13.7. The third-order valence-corrected chi connectivity index (χ3v) is 4.42. The molecular weight excluding hydrogens is 252 g/mol. The highest BCUT2D eigenvalue weighted by Gasteiger charge is 2.10. The number of aromatic nitrogens is 1. The number of para-hydroxylation sites is 1. The van der Waals surface area contributed by atoms with Gasteiger partial charge in [0, 0.05) is 48.2 Å². The molecule has 102 valence electrons. The highest BCUT2D eigenvalue weighted by atomic mass is 32.2. The predicted molar refractivity (Wildman–Crippen MR) is 86.9 cm³/mol. The lowest BCUT2D eigenvalue weighted by Gasteiger charge is -2.07. The number of benzene rings is 1. The zero-order valence-electron chi connectivity index (χ0n) is 11.8. The van der Waals surface area contributed by atoms with Crippen LogP contribution in [0.3, 0.4) is 0 Å². The molecule has 0 amide bonds. The van der Waals surface area contributed by atoms with Crippen LogP contribution in [-0.4, -0.2) is 22.6 Å². The van der Waals surface area contributed by atoms with Gasteiger partial charge in [0.25, 0.3) is 0 Å². The van der Waals surface area contributed by atoms with E-state index in [0.29, 0.717) is 0 Å². The summed E-state index contributed by atoms with van der Waals surface area (Å²) in [4.78, 5) is 0. The first-order valence-electron chi connectivity index (χ1n) is 6.68. The van der Waals surface area contributed by atoms with Gasteiger partial charge in [0.05, 0.1) is 0 Å². The number of rotatable bonds is 7. The van der Waals surface area contributed by atoms with Gasteiger partial charge in [-0.1, -0.05) is 24.3 Å². The third-order valence-electron chi connectivity index (χ3n) is 3.46. The summed E-state index contributed by atoms with van der Waals surface area (Å²) in [5.41, 5.74) is 4.09. The van der Waals surface area contributed by atoms with Crippen LogP contribution in [0.4, 0.5) is 0 Å². The average Bonchev–Trinajstić information content (AvgIpc) is 2.68. The van der Waals surface area contributed by atoms with Crippen molar-refractivity contribution in [2.24, 2.45) is 7.05 Å². The number of nitrogens with zero attached hydrogens (tertiary/aromatic N) is 1. The van der Waals surface area contributed by atoms with E-state index in [2.05, 4.69) is 54.7 Å². The van der Waals surface area contributed by atoms with Gasteiger partial charge in [0.15, 0.2) is 0 Å². The summed E-state index contributed by atoms with van der Waals surface area (Å²) in [6, 6.07) is 8.60. The molecule has 0 aliphatic heterocycles. The quantitative estimate of drug-likeness (QED) is 0.615. The summed E-state index contributed by atoms with van der Waals surface area (Å²) < 4.78 is 2.30. The van der Waals surface area contributed by atoms with Crippen molar-refractivity contribution in [3.8, 4) is 0 Å². The van der Waals surface area contributed by atoms with Crippen LogP contribution in [0.15, 0.2) is 36.9 Å². The lowest BCUT2D eigenvalue weighted by molar-refractivity contribution is 0.686. The monoisotopic (exact) mass is 274 g/mol. The number of fused-ring (bicyclic) bond motifs is 1. The first-order valence-corrected chi connectivity index (χ1v) is 7.83. The number of thioether (sulfide) groups is 1. The number of hydrogen-bond donors (Lipinski definition) is 1.